The molecule has 0 N–H and O–H groups in total. The first-order chi connectivity index (χ1) is 10.6. The molecule has 1 aromatic rings. The third-order valence-electron chi connectivity index (χ3n) is 4.71. The standard InChI is InChI=1S/C20H24OSi/c1-14-13-19-17(15-9-11-16(21-2)12-10-15)7-5-6-8-18(19)20(14)22(3)4/h5-13,17,20,22H,1-4H3. The van der Waals surface area contributed by atoms with E-state index in [4.69, 9.17) is 4.74 Å². The average molecular weight is 308 g/mol. The molecule has 3 rings (SSSR count). The van der Waals surface area contributed by atoms with Crippen LogP contribution in [0.1, 0.15) is 18.4 Å². The van der Waals surface area contributed by atoms with Crippen LogP contribution in [0.4, 0.5) is 0 Å². The maximum atomic E-state index is 5.28. The van der Waals surface area contributed by atoms with Crippen LogP contribution in [-0.2, 0) is 0 Å². The molecule has 0 aliphatic heterocycles. The minimum absolute atomic E-state index is 0.351. The van der Waals surface area contributed by atoms with Crippen molar-refractivity contribution in [3.05, 3.63) is 76.9 Å². The molecule has 22 heavy (non-hydrogen) atoms. The summed E-state index contributed by atoms with van der Waals surface area (Å²) in [5.74, 6) is 1.27. The highest BCUT2D eigenvalue weighted by atomic mass is 28.3. The molecular formula is C20H24OSi. The largest absolute Gasteiger partial charge is 0.497 e. The van der Waals surface area contributed by atoms with E-state index in [1.165, 1.54) is 11.1 Å². The van der Waals surface area contributed by atoms with Crippen molar-refractivity contribution in [3.63, 3.8) is 0 Å². The number of benzene rings is 1. The van der Waals surface area contributed by atoms with Gasteiger partial charge >= 0.3 is 0 Å². The van der Waals surface area contributed by atoms with Crippen molar-refractivity contribution in [3.8, 4) is 5.75 Å². The summed E-state index contributed by atoms with van der Waals surface area (Å²) >= 11 is 0. The van der Waals surface area contributed by atoms with E-state index in [2.05, 4.69) is 74.7 Å². The van der Waals surface area contributed by atoms with Gasteiger partial charge in [0.05, 0.1) is 7.11 Å². The number of allylic oxidation sites excluding steroid dienone is 8. The predicted octanol–water partition coefficient (Wildman–Crippen LogP) is 5.02. The molecule has 1 nitrogen and oxygen atoms in total. The topological polar surface area (TPSA) is 9.23 Å². The quantitative estimate of drug-likeness (QED) is 0.713. The molecule has 0 spiro atoms. The molecule has 2 unspecified atom stereocenters. The van der Waals surface area contributed by atoms with Crippen molar-refractivity contribution >= 4 is 8.80 Å². The summed E-state index contributed by atoms with van der Waals surface area (Å²) in [5.41, 5.74) is 6.60. The van der Waals surface area contributed by atoms with Crippen LogP contribution in [0, 0.1) is 0 Å². The summed E-state index contributed by atoms with van der Waals surface area (Å²) in [5, 5.41) is 0. The van der Waals surface area contributed by atoms with Crippen molar-refractivity contribution in [2.24, 2.45) is 0 Å². The van der Waals surface area contributed by atoms with Crippen LogP contribution in [0.3, 0.4) is 0 Å². The zero-order valence-corrected chi connectivity index (χ0v) is 15.0. The molecule has 0 heterocycles. The normalized spacial score (nSPS) is 23.6. The second kappa shape index (κ2) is 6.13. The first-order valence-corrected chi connectivity index (χ1v) is 11.0. The minimum Gasteiger partial charge on any atom is -0.497 e. The lowest BCUT2D eigenvalue weighted by atomic mass is 9.89. The summed E-state index contributed by atoms with van der Waals surface area (Å²) in [6.07, 6.45) is 11.5. The van der Waals surface area contributed by atoms with E-state index in [0.29, 0.717) is 11.5 Å². The molecule has 0 aromatic heterocycles. The Hall–Kier alpha value is -1.80. The molecule has 2 aliphatic carbocycles. The van der Waals surface area contributed by atoms with E-state index in [-0.39, 0.29) is 0 Å². The molecule has 0 saturated carbocycles. The van der Waals surface area contributed by atoms with E-state index >= 15 is 0 Å². The maximum Gasteiger partial charge on any atom is 0.118 e. The Balaban J connectivity index is 2.04. The predicted molar refractivity (Wildman–Crippen MR) is 97.4 cm³/mol. The number of ether oxygens (including phenoxy) is 1. The fourth-order valence-electron chi connectivity index (χ4n) is 3.74. The van der Waals surface area contributed by atoms with Gasteiger partial charge in [0.15, 0.2) is 0 Å². The molecule has 0 bridgehead atoms. The molecule has 2 heteroatoms. The molecule has 2 atom stereocenters. The molecule has 0 radical (unpaired) electrons. The van der Waals surface area contributed by atoms with Gasteiger partial charge in [0.25, 0.3) is 0 Å². The van der Waals surface area contributed by atoms with E-state index in [0.717, 1.165) is 5.75 Å². The van der Waals surface area contributed by atoms with Gasteiger partial charge in [0.1, 0.15) is 5.75 Å². The molecule has 2 aliphatic rings. The van der Waals surface area contributed by atoms with Gasteiger partial charge in [-0.25, -0.2) is 0 Å². The van der Waals surface area contributed by atoms with Gasteiger partial charge in [0, 0.05) is 14.7 Å². The molecule has 1 aromatic carbocycles. The van der Waals surface area contributed by atoms with Crippen LogP contribution in [0.15, 0.2) is 71.4 Å². The van der Waals surface area contributed by atoms with Crippen LogP contribution >= 0.6 is 0 Å². The third kappa shape index (κ3) is 2.63. The van der Waals surface area contributed by atoms with Gasteiger partial charge in [-0.05, 0) is 41.3 Å². The number of hydrogen-bond acceptors (Lipinski definition) is 1. The molecular weight excluding hydrogens is 284 g/mol. The van der Waals surface area contributed by atoms with E-state index in [1.54, 1.807) is 18.3 Å². The van der Waals surface area contributed by atoms with Crippen LogP contribution in [-0.4, -0.2) is 15.9 Å². The summed E-state index contributed by atoms with van der Waals surface area (Å²) in [4.78, 5) is 0. The molecule has 0 fully saturated rings. The fourth-order valence-corrected chi connectivity index (χ4v) is 5.91. The Labute approximate surface area is 135 Å². The maximum absolute atomic E-state index is 5.28. The zero-order chi connectivity index (χ0) is 15.7. The smallest absolute Gasteiger partial charge is 0.118 e. The van der Waals surface area contributed by atoms with Crippen molar-refractivity contribution in [1.82, 2.24) is 0 Å². The van der Waals surface area contributed by atoms with E-state index in [9.17, 15) is 0 Å². The molecule has 0 amide bonds. The van der Waals surface area contributed by atoms with E-state index < -0.39 is 8.80 Å². The van der Waals surface area contributed by atoms with Crippen LogP contribution in [0.25, 0.3) is 0 Å². The number of methoxy groups -OCH3 is 1. The Morgan fingerprint density at radius 3 is 2.36 bits per heavy atom. The number of hydrogen-bond donors (Lipinski definition) is 0. The Morgan fingerprint density at radius 1 is 1.00 bits per heavy atom. The van der Waals surface area contributed by atoms with Crippen molar-refractivity contribution in [2.75, 3.05) is 7.11 Å². The summed E-state index contributed by atoms with van der Waals surface area (Å²) in [6.45, 7) is 7.20. The van der Waals surface area contributed by atoms with Gasteiger partial charge in [0.2, 0.25) is 0 Å². The van der Waals surface area contributed by atoms with E-state index in [1.807, 2.05) is 0 Å². The zero-order valence-electron chi connectivity index (χ0n) is 13.8. The number of rotatable bonds is 3. The Kier molecular flexibility index (Phi) is 4.21. The van der Waals surface area contributed by atoms with Crippen LogP contribution in [0.5, 0.6) is 5.75 Å². The first-order valence-electron chi connectivity index (χ1n) is 8.03. The highest BCUT2D eigenvalue weighted by molar-refractivity contribution is 6.59. The lowest BCUT2D eigenvalue weighted by Gasteiger charge is -2.20. The van der Waals surface area contributed by atoms with Gasteiger partial charge in [-0.15, -0.1) is 0 Å². The highest BCUT2D eigenvalue weighted by Gasteiger charge is 2.30. The van der Waals surface area contributed by atoms with Gasteiger partial charge in [-0.2, -0.15) is 0 Å². The summed E-state index contributed by atoms with van der Waals surface area (Å²) < 4.78 is 5.28. The SMILES string of the molecule is COc1ccc(C2C=CC=CC3=C2C=C(C)C3[SiH](C)C)cc1. The second-order valence-corrected chi connectivity index (χ2v) is 9.67. The Bertz CT molecular complexity index is 674. The van der Waals surface area contributed by atoms with Gasteiger partial charge < -0.3 is 4.74 Å². The van der Waals surface area contributed by atoms with Crippen LogP contribution in [0.2, 0.25) is 18.6 Å². The highest BCUT2D eigenvalue weighted by Crippen LogP contribution is 2.46. The van der Waals surface area contributed by atoms with Crippen molar-refractivity contribution in [1.29, 1.82) is 0 Å². The first kappa shape index (κ1) is 15.1. The minimum atomic E-state index is -0.755. The van der Waals surface area contributed by atoms with Crippen molar-refractivity contribution < 1.29 is 4.74 Å². The lowest BCUT2D eigenvalue weighted by Crippen LogP contribution is -2.13. The fraction of sp³-hybridized carbons (Fsp3) is 0.300. The van der Waals surface area contributed by atoms with Gasteiger partial charge in [-0.1, -0.05) is 61.2 Å². The average Bonchev–Trinajstić information content (AvgIpc) is 2.71. The Morgan fingerprint density at radius 2 is 1.73 bits per heavy atom. The van der Waals surface area contributed by atoms with Crippen molar-refractivity contribution in [2.45, 2.75) is 31.5 Å². The molecule has 0 saturated heterocycles. The lowest BCUT2D eigenvalue weighted by molar-refractivity contribution is 0.414. The monoisotopic (exact) mass is 308 g/mol. The van der Waals surface area contributed by atoms with Crippen LogP contribution < -0.4 is 4.74 Å². The molecule has 114 valence electrons. The summed E-state index contributed by atoms with van der Waals surface area (Å²) in [7, 11) is 0.960. The third-order valence-corrected chi connectivity index (χ3v) is 6.93. The second-order valence-electron chi connectivity index (χ2n) is 6.52. The van der Waals surface area contributed by atoms with Gasteiger partial charge in [-0.3, -0.25) is 0 Å². The summed E-state index contributed by atoms with van der Waals surface area (Å²) in [6, 6.07) is 8.49.